The predicted molar refractivity (Wildman–Crippen MR) is 109 cm³/mol. The Morgan fingerprint density at radius 1 is 1.00 bits per heavy atom. The lowest BCUT2D eigenvalue weighted by atomic mass is 10.0. The largest absolute Gasteiger partial charge is 0.493 e. The van der Waals surface area contributed by atoms with E-state index in [1.54, 1.807) is 14.2 Å². The van der Waals surface area contributed by atoms with Crippen molar-refractivity contribution in [2.75, 3.05) is 21.3 Å². The molecule has 28 heavy (non-hydrogen) atoms. The van der Waals surface area contributed by atoms with E-state index in [9.17, 15) is 4.79 Å². The molecule has 0 unspecified atom stereocenters. The van der Waals surface area contributed by atoms with Gasteiger partial charge in [0.25, 0.3) is 0 Å². The van der Waals surface area contributed by atoms with Crippen LogP contribution in [0.1, 0.15) is 33.6 Å². The van der Waals surface area contributed by atoms with Crippen molar-refractivity contribution < 1.29 is 19.0 Å². The molecule has 0 saturated heterocycles. The number of hydrogen-bond acceptors (Lipinski definition) is 5. The Morgan fingerprint density at radius 2 is 1.79 bits per heavy atom. The lowest BCUT2D eigenvalue weighted by Gasteiger charge is -2.11. The van der Waals surface area contributed by atoms with Crippen molar-refractivity contribution in [3.8, 4) is 11.5 Å². The number of hydrogen-bond donors (Lipinski definition) is 0. The summed E-state index contributed by atoms with van der Waals surface area (Å²) in [5, 5.41) is 0.834. The smallest absolute Gasteiger partial charge is 0.338 e. The maximum Gasteiger partial charge on any atom is 0.338 e. The molecule has 0 aliphatic heterocycles. The van der Waals surface area contributed by atoms with Crippen LogP contribution in [0.25, 0.3) is 22.6 Å². The van der Waals surface area contributed by atoms with Crippen molar-refractivity contribution in [3.63, 3.8) is 0 Å². The van der Waals surface area contributed by atoms with Gasteiger partial charge in [0, 0.05) is 5.39 Å². The molecule has 4 rings (SSSR count). The number of carbonyl (C=O) groups excluding carboxylic acids is 1. The van der Waals surface area contributed by atoms with Crippen LogP contribution in [-0.2, 0) is 11.2 Å². The average Bonchev–Trinajstić information content (AvgIpc) is 3.13. The minimum absolute atomic E-state index is 0.317. The summed E-state index contributed by atoms with van der Waals surface area (Å²) < 4.78 is 15.8. The quantitative estimate of drug-likeness (QED) is 0.627. The first-order chi connectivity index (χ1) is 13.7. The van der Waals surface area contributed by atoms with Gasteiger partial charge < -0.3 is 14.2 Å². The highest BCUT2D eigenvalue weighted by Gasteiger charge is 2.27. The molecular formula is C23H21NO4. The minimum atomic E-state index is -0.317. The molecule has 0 atom stereocenters. The van der Waals surface area contributed by atoms with Gasteiger partial charge in [0.2, 0.25) is 0 Å². The fourth-order valence-electron chi connectivity index (χ4n) is 3.76. The van der Waals surface area contributed by atoms with E-state index >= 15 is 0 Å². The highest BCUT2D eigenvalue weighted by Crippen LogP contribution is 2.38. The maximum absolute atomic E-state index is 12.5. The van der Waals surface area contributed by atoms with E-state index in [1.807, 2.05) is 42.5 Å². The number of ether oxygens (including phenoxy) is 3. The molecule has 0 radical (unpaired) electrons. The van der Waals surface area contributed by atoms with E-state index in [2.05, 4.69) is 6.08 Å². The summed E-state index contributed by atoms with van der Waals surface area (Å²) in [6, 6.07) is 13.5. The Labute approximate surface area is 163 Å². The third-order valence-electron chi connectivity index (χ3n) is 5.08. The minimum Gasteiger partial charge on any atom is -0.493 e. The number of pyridine rings is 1. The van der Waals surface area contributed by atoms with Crippen molar-refractivity contribution in [3.05, 3.63) is 64.8 Å². The fraction of sp³-hybridized carbons (Fsp3) is 0.217. The molecule has 0 saturated carbocycles. The molecule has 0 fully saturated rings. The molecule has 2 aromatic carbocycles. The summed E-state index contributed by atoms with van der Waals surface area (Å²) in [6.07, 6.45) is 3.67. The number of para-hydroxylation sites is 1. The van der Waals surface area contributed by atoms with Crippen LogP contribution in [0, 0.1) is 0 Å². The Hall–Kier alpha value is -3.34. The summed E-state index contributed by atoms with van der Waals surface area (Å²) in [7, 11) is 4.65. The van der Waals surface area contributed by atoms with Crippen molar-refractivity contribution in [1.82, 2.24) is 4.98 Å². The van der Waals surface area contributed by atoms with Crippen LogP contribution in [0.2, 0.25) is 0 Å². The lowest BCUT2D eigenvalue weighted by Crippen LogP contribution is -2.08. The zero-order chi connectivity index (χ0) is 19.7. The van der Waals surface area contributed by atoms with Gasteiger partial charge in [-0.25, -0.2) is 9.78 Å². The topological polar surface area (TPSA) is 57.7 Å². The third-order valence-corrected chi connectivity index (χ3v) is 5.08. The highest BCUT2D eigenvalue weighted by molar-refractivity contribution is 6.07. The van der Waals surface area contributed by atoms with Crippen LogP contribution in [-0.4, -0.2) is 32.3 Å². The summed E-state index contributed by atoms with van der Waals surface area (Å²) in [6.45, 7) is 0. The van der Waals surface area contributed by atoms with E-state index < -0.39 is 0 Å². The zero-order valence-corrected chi connectivity index (χ0v) is 16.1. The van der Waals surface area contributed by atoms with Crippen LogP contribution < -0.4 is 9.47 Å². The molecule has 3 aromatic rings. The van der Waals surface area contributed by atoms with Crippen LogP contribution >= 0.6 is 0 Å². The van der Waals surface area contributed by atoms with Crippen LogP contribution in [0.15, 0.2) is 42.5 Å². The number of benzene rings is 2. The first kappa shape index (κ1) is 18.0. The Bertz CT molecular complexity index is 1100. The molecule has 1 aromatic heterocycles. The molecule has 0 amide bonds. The second-order valence-corrected chi connectivity index (χ2v) is 6.61. The number of esters is 1. The molecule has 1 heterocycles. The van der Waals surface area contributed by atoms with E-state index in [-0.39, 0.29) is 5.97 Å². The molecular weight excluding hydrogens is 354 g/mol. The summed E-state index contributed by atoms with van der Waals surface area (Å²) in [5.74, 6) is 1.05. The summed E-state index contributed by atoms with van der Waals surface area (Å²) >= 11 is 0. The van der Waals surface area contributed by atoms with Crippen molar-refractivity contribution >= 4 is 28.5 Å². The lowest BCUT2D eigenvalue weighted by molar-refractivity contribution is 0.0602. The number of aromatic nitrogens is 1. The molecule has 0 spiro atoms. The van der Waals surface area contributed by atoms with Gasteiger partial charge in [-0.05, 0) is 53.8 Å². The number of nitrogens with zero attached hydrogens (tertiary/aromatic N) is 1. The van der Waals surface area contributed by atoms with Gasteiger partial charge in [0.1, 0.15) is 0 Å². The van der Waals surface area contributed by atoms with Gasteiger partial charge in [0.05, 0.1) is 38.1 Å². The van der Waals surface area contributed by atoms with Crippen LogP contribution in [0.4, 0.5) is 0 Å². The first-order valence-corrected chi connectivity index (χ1v) is 9.09. The number of carbonyl (C=O) groups is 1. The Kier molecular flexibility index (Phi) is 4.74. The highest BCUT2D eigenvalue weighted by atomic mass is 16.5. The summed E-state index contributed by atoms with van der Waals surface area (Å²) in [4.78, 5) is 17.4. The van der Waals surface area contributed by atoms with Crippen molar-refractivity contribution in [2.24, 2.45) is 0 Å². The van der Waals surface area contributed by atoms with Gasteiger partial charge in [0.15, 0.2) is 11.5 Å². The molecule has 1 aliphatic rings. The second-order valence-electron chi connectivity index (χ2n) is 6.61. The zero-order valence-electron chi connectivity index (χ0n) is 16.1. The predicted octanol–water partition coefficient (Wildman–Crippen LogP) is 4.53. The van der Waals surface area contributed by atoms with Crippen LogP contribution in [0.5, 0.6) is 11.5 Å². The van der Waals surface area contributed by atoms with E-state index in [0.717, 1.165) is 46.1 Å². The van der Waals surface area contributed by atoms with Gasteiger partial charge in [-0.15, -0.1) is 0 Å². The van der Waals surface area contributed by atoms with Gasteiger partial charge in [-0.3, -0.25) is 0 Å². The summed E-state index contributed by atoms with van der Waals surface area (Å²) in [5.41, 5.74) is 5.33. The Morgan fingerprint density at radius 3 is 2.54 bits per heavy atom. The number of fused-ring (bicyclic) bond motifs is 2. The van der Waals surface area contributed by atoms with Crippen molar-refractivity contribution in [1.29, 1.82) is 0 Å². The third kappa shape index (κ3) is 2.99. The first-order valence-electron chi connectivity index (χ1n) is 9.09. The normalized spacial score (nSPS) is 14.2. The number of rotatable bonds is 4. The van der Waals surface area contributed by atoms with E-state index in [4.69, 9.17) is 19.2 Å². The fourth-order valence-corrected chi connectivity index (χ4v) is 3.76. The average molecular weight is 375 g/mol. The van der Waals surface area contributed by atoms with Crippen molar-refractivity contribution in [2.45, 2.75) is 12.8 Å². The van der Waals surface area contributed by atoms with Crippen LogP contribution in [0.3, 0.4) is 0 Å². The van der Waals surface area contributed by atoms with E-state index in [0.29, 0.717) is 17.1 Å². The Balaban J connectivity index is 1.87. The molecule has 1 aliphatic carbocycles. The number of methoxy groups -OCH3 is 3. The molecule has 0 bridgehead atoms. The van der Waals surface area contributed by atoms with Gasteiger partial charge >= 0.3 is 5.97 Å². The molecule has 5 nitrogen and oxygen atoms in total. The molecule has 5 heteroatoms. The molecule has 0 N–H and O–H groups in total. The van der Waals surface area contributed by atoms with E-state index in [1.165, 1.54) is 7.11 Å². The second kappa shape index (κ2) is 7.35. The number of allylic oxidation sites excluding steroid dienone is 1. The van der Waals surface area contributed by atoms with Gasteiger partial charge in [-0.2, -0.15) is 0 Å². The SMILES string of the molecule is COC(=O)c1c2c(nc3ccccc13)C(=Cc1ccc(OC)c(OC)c1)CC2. The monoisotopic (exact) mass is 375 g/mol. The van der Waals surface area contributed by atoms with Gasteiger partial charge in [-0.1, -0.05) is 24.3 Å². The molecule has 142 valence electrons. The maximum atomic E-state index is 12.5. The standard InChI is InChI=1S/C23H21NO4/c1-26-19-11-8-14(13-20(19)27-2)12-15-9-10-17-21(23(25)28-3)16-6-4-5-7-18(16)24-22(15)17/h4-8,11-13H,9-10H2,1-3H3.